The van der Waals surface area contributed by atoms with E-state index in [1.165, 1.54) is 12.1 Å². The van der Waals surface area contributed by atoms with Gasteiger partial charge in [-0.25, -0.2) is 4.39 Å². The van der Waals surface area contributed by atoms with Gasteiger partial charge < -0.3 is 5.11 Å². The van der Waals surface area contributed by atoms with Gasteiger partial charge in [-0.3, -0.25) is 0 Å². The van der Waals surface area contributed by atoms with Gasteiger partial charge in [0.25, 0.3) is 0 Å². The summed E-state index contributed by atoms with van der Waals surface area (Å²) in [5.41, 5.74) is 2.07. The number of hydrogen-bond acceptors (Lipinski definition) is 1. The van der Waals surface area contributed by atoms with Crippen molar-refractivity contribution in [1.82, 2.24) is 0 Å². The smallest absolute Gasteiger partial charge is 0.123 e. The molecule has 87 valence electrons. The first-order chi connectivity index (χ1) is 8.20. The fourth-order valence-electron chi connectivity index (χ4n) is 1.89. The molecule has 1 N–H and O–H groups in total. The molecule has 0 atom stereocenters. The van der Waals surface area contributed by atoms with Crippen molar-refractivity contribution in [3.8, 4) is 5.75 Å². The topological polar surface area (TPSA) is 20.2 Å². The highest BCUT2D eigenvalue weighted by molar-refractivity contribution is 5.46. The second-order valence-corrected chi connectivity index (χ2v) is 3.89. The Balaban J connectivity index is 2.33. The minimum atomic E-state index is -0.227. The van der Waals surface area contributed by atoms with Gasteiger partial charge in [0.05, 0.1) is 0 Å². The number of halogens is 1. The Morgan fingerprint density at radius 1 is 0.941 bits per heavy atom. The first-order valence-electron chi connectivity index (χ1n) is 5.62. The lowest BCUT2D eigenvalue weighted by molar-refractivity contribution is 0.475. The van der Waals surface area contributed by atoms with Gasteiger partial charge >= 0.3 is 0 Å². The van der Waals surface area contributed by atoms with Crippen molar-refractivity contribution in [2.75, 3.05) is 0 Å². The van der Waals surface area contributed by atoms with E-state index in [9.17, 15) is 9.50 Å². The van der Waals surface area contributed by atoms with E-state index in [-0.39, 0.29) is 11.6 Å². The molecule has 0 amide bonds. The zero-order valence-electron chi connectivity index (χ0n) is 9.65. The summed E-state index contributed by atoms with van der Waals surface area (Å²) in [6.07, 6.45) is 0.858. The minimum Gasteiger partial charge on any atom is -0.508 e. The highest BCUT2D eigenvalue weighted by atomic mass is 19.1. The van der Waals surface area contributed by atoms with E-state index in [2.05, 4.69) is 6.92 Å². The van der Waals surface area contributed by atoms with Gasteiger partial charge in [0, 0.05) is 5.92 Å². The van der Waals surface area contributed by atoms with E-state index < -0.39 is 0 Å². The van der Waals surface area contributed by atoms with Crippen molar-refractivity contribution in [2.45, 2.75) is 13.3 Å². The third kappa shape index (κ3) is 2.64. The van der Waals surface area contributed by atoms with E-state index in [0.717, 1.165) is 23.5 Å². The van der Waals surface area contributed by atoms with Crippen molar-refractivity contribution in [3.05, 3.63) is 71.4 Å². The van der Waals surface area contributed by atoms with Gasteiger partial charge in [-0.2, -0.15) is 0 Å². The quantitative estimate of drug-likeness (QED) is 0.846. The van der Waals surface area contributed by atoms with Crippen molar-refractivity contribution in [3.63, 3.8) is 0 Å². The number of benzene rings is 2. The van der Waals surface area contributed by atoms with Crippen LogP contribution in [0.15, 0.2) is 48.5 Å². The third-order valence-corrected chi connectivity index (χ3v) is 2.76. The molecule has 0 aliphatic rings. The Kier molecular flexibility index (Phi) is 3.43. The van der Waals surface area contributed by atoms with Crippen LogP contribution < -0.4 is 0 Å². The maximum Gasteiger partial charge on any atom is 0.123 e. The molecular formula is C15H14FO. The average molecular weight is 229 g/mol. The van der Waals surface area contributed by atoms with Crippen LogP contribution in [0.25, 0.3) is 0 Å². The Hall–Kier alpha value is -1.83. The molecule has 0 fully saturated rings. The van der Waals surface area contributed by atoms with Crippen molar-refractivity contribution in [1.29, 1.82) is 0 Å². The molecule has 2 aromatic carbocycles. The summed E-state index contributed by atoms with van der Waals surface area (Å²) in [5.74, 6) is 1.17. The number of phenolic OH excluding ortho intramolecular Hbond substituents is 1. The molecule has 17 heavy (non-hydrogen) atoms. The second kappa shape index (κ2) is 5.00. The van der Waals surface area contributed by atoms with E-state index in [0.29, 0.717) is 0 Å². The monoisotopic (exact) mass is 229 g/mol. The molecule has 0 saturated heterocycles. The van der Waals surface area contributed by atoms with E-state index >= 15 is 0 Å². The Bertz CT molecular complexity index is 428. The van der Waals surface area contributed by atoms with Gasteiger partial charge in [0.15, 0.2) is 0 Å². The standard InChI is InChI=1S/C15H14FO/c1-2-15(11-3-7-13(16)8-4-11)12-5-9-14(17)10-6-12/h3-10,17H,2H2,1H3. The first-order valence-corrected chi connectivity index (χ1v) is 5.62. The summed E-state index contributed by atoms with van der Waals surface area (Å²) >= 11 is 0. The number of hydrogen-bond donors (Lipinski definition) is 1. The van der Waals surface area contributed by atoms with Crippen LogP contribution in [0, 0.1) is 11.7 Å². The van der Waals surface area contributed by atoms with E-state index in [1.807, 2.05) is 12.1 Å². The summed E-state index contributed by atoms with van der Waals surface area (Å²) in [6, 6.07) is 13.6. The Morgan fingerprint density at radius 2 is 1.41 bits per heavy atom. The van der Waals surface area contributed by atoms with E-state index in [1.54, 1.807) is 24.3 Å². The van der Waals surface area contributed by atoms with Gasteiger partial charge in [-0.1, -0.05) is 31.2 Å². The molecule has 0 spiro atoms. The molecule has 2 rings (SSSR count). The fourth-order valence-corrected chi connectivity index (χ4v) is 1.89. The molecule has 0 unspecified atom stereocenters. The summed E-state index contributed by atoms with van der Waals surface area (Å²) in [4.78, 5) is 0. The molecule has 0 bridgehead atoms. The van der Waals surface area contributed by atoms with Crippen molar-refractivity contribution >= 4 is 0 Å². The second-order valence-electron chi connectivity index (χ2n) is 3.89. The SMILES string of the molecule is CC[C](c1ccc(O)cc1)c1ccc(F)cc1. The van der Waals surface area contributed by atoms with Gasteiger partial charge in [-0.05, 0) is 41.8 Å². The molecule has 1 nitrogen and oxygen atoms in total. The van der Waals surface area contributed by atoms with Gasteiger partial charge in [-0.15, -0.1) is 0 Å². The van der Waals surface area contributed by atoms with Crippen molar-refractivity contribution in [2.24, 2.45) is 0 Å². The van der Waals surface area contributed by atoms with Gasteiger partial charge in [0.1, 0.15) is 11.6 Å². The number of phenols is 1. The van der Waals surface area contributed by atoms with Crippen molar-refractivity contribution < 1.29 is 9.50 Å². The van der Waals surface area contributed by atoms with E-state index in [4.69, 9.17) is 0 Å². The molecule has 0 saturated carbocycles. The average Bonchev–Trinajstić information content (AvgIpc) is 2.35. The Labute approximate surface area is 101 Å². The molecule has 0 aliphatic carbocycles. The van der Waals surface area contributed by atoms with Crippen LogP contribution in [0.5, 0.6) is 5.75 Å². The largest absolute Gasteiger partial charge is 0.508 e. The number of aromatic hydroxyl groups is 1. The molecule has 2 heteroatoms. The van der Waals surface area contributed by atoms with Gasteiger partial charge in [0.2, 0.25) is 0 Å². The zero-order chi connectivity index (χ0) is 12.3. The maximum absolute atomic E-state index is 12.9. The number of rotatable bonds is 3. The molecule has 2 aromatic rings. The maximum atomic E-state index is 12.9. The summed E-state index contributed by atoms with van der Waals surface area (Å²) in [6.45, 7) is 2.06. The highest BCUT2D eigenvalue weighted by Gasteiger charge is 2.12. The fraction of sp³-hybridized carbons (Fsp3) is 0.133. The predicted molar refractivity (Wildman–Crippen MR) is 66.2 cm³/mol. The summed E-state index contributed by atoms with van der Waals surface area (Å²) in [5, 5.41) is 9.26. The van der Waals surface area contributed by atoms with Crippen LogP contribution in [-0.4, -0.2) is 5.11 Å². The van der Waals surface area contributed by atoms with Crippen LogP contribution in [0.2, 0.25) is 0 Å². The lowest BCUT2D eigenvalue weighted by Crippen LogP contribution is -2.00. The Morgan fingerprint density at radius 3 is 1.88 bits per heavy atom. The van der Waals surface area contributed by atoms with Crippen LogP contribution in [-0.2, 0) is 0 Å². The molecule has 1 radical (unpaired) electrons. The molecule has 0 aliphatic heterocycles. The summed E-state index contributed by atoms with van der Waals surface area (Å²) < 4.78 is 12.9. The summed E-state index contributed by atoms with van der Waals surface area (Å²) in [7, 11) is 0. The zero-order valence-corrected chi connectivity index (χ0v) is 9.65. The van der Waals surface area contributed by atoms with Crippen LogP contribution in [0.3, 0.4) is 0 Å². The molecule has 0 heterocycles. The molecular weight excluding hydrogens is 215 g/mol. The lowest BCUT2D eigenvalue weighted by Gasteiger charge is -2.15. The van der Waals surface area contributed by atoms with Crippen LogP contribution >= 0.6 is 0 Å². The minimum absolute atomic E-state index is 0.227. The predicted octanol–water partition coefficient (Wildman–Crippen LogP) is 3.91. The molecule has 0 aromatic heterocycles. The normalized spacial score (nSPS) is 10.8. The highest BCUT2D eigenvalue weighted by Crippen LogP contribution is 2.27. The third-order valence-electron chi connectivity index (χ3n) is 2.76. The first kappa shape index (κ1) is 11.6. The van der Waals surface area contributed by atoms with Crippen LogP contribution in [0.4, 0.5) is 4.39 Å². The van der Waals surface area contributed by atoms with Crippen LogP contribution in [0.1, 0.15) is 24.5 Å². The lowest BCUT2D eigenvalue weighted by atomic mass is 9.89.